The maximum atomic E-state index is 11.2. The molecule has 0 aliphatic rings. The summed E-state index contributed by atoms with van der Waals surface area (Å²) in [6, 6.07) is 7.11. The first-order chi connectivity index (χ1) is 9.60. The molecule has 5 heteroatoms. The number of carboxylic acids is 1. The van der Waals surface area contributed by atoms with Gasteiger partial charge in [-0.1, -0.05) is 18.2 Å². The van der Waals surface area contributed by atoms with Crippen LogP contribution in [0.3, 0.4) is 0 Å². The number of carbonyl (C=O) groups is 2. The van der Waals surface area contributed by atoms with Crippen LogP contribution >= 0.6 is 0 Å². The molecule has 2 N–H and O–H groups in total. The number of carboxylic acid groups (broad SMARTS) is 1. The second-order valence-corrected chi connectivity index (χ2v) is 4.25. The maximum absolute atomic E-state index is 11.2. The number of aromatic nitrogens is 1. The number of H-pyrrole nitrogens is 1. The van der Waals surface area contributed by atoms with Crippen LogP contribution in [0.2, 0.25) is 0 Å². The molecule has 1 heterocycles. The van der Waals surface area contributed by atoms with Gasteiger partial charge in [0, 0.05) is 10.9 Å². The number of carbonyl (C=O) groups excluding carboxylic acids is 1. The molecule has 5 nitrogen and oxygen atoms in total. The van der Waals surface area contributed by atoms with E-state index in [0.29, 0.717) is 6.61 Å². The second-order valence-electron chi connectivity index (χ2n) is 4.25. The number of fused-ring (bicyclic) bond motifs is 1. The van der Waals surface area contributed by atoms with Crippen LogP contribution in [0.25, 0.3) is 17.0 Å². The summed E-state index contributed by atoms with van der Waals surface area (Å²) >= 11 is 0. The highest BCUT2D eigenvalue weighted by Crippen LogP contribution is 2.18. The maximum Gasteiger partial charge on any atom is 0.352 e. The first-order valence-electron chi connectivity index (χ1n) is 6.28. The number of aromatic amines is 1. The summed E-state index contributed by atoms with van der Waals surface area (Å²) in [5.74, 6) is -1.25. The van der Waals surface area contributed by atoms with Gasteiger partial charge in [-0.3, -0.25) is 4.79 Å². The number of ether oxygens (including phenoxy) is 1. The molecule has 0 aliphatic carbocycles. The quantitative estimate of drug-likeness (QED) is 0.821. The Kier molecular flexibility index (Phi) is 4.20. The summed E-state index contributed by atoms with van der Waals surface area (Å²) in [6.45, 7) is 2.14. The Morgan fingerprint density at radius 1 is 1.35 bits per heavy atom. The van der Waals surface area contributed by atoms with Gasteiger partial charge < -0.3 is 14.8 Å². The molecule has 0 saturated heterocycles. The van der Waals surface area contributed by atoms with Gasteiger partial charge in [0.05, 0.1) is 13.0 Å². The van der Waals surface area contributed by atoms with Gasteiger partial charge in [-0.05, 0) is 30.7 Å². The molecule has 2 rings (SSSR count). The fourth-order valence-electron chi connectivity index (χ4n) is 1.88. The molecule has 0 aliphatic heterocycles. The Morgan fingerprint density at radius 3 is 2.85 bits per heavy atom. The third kappa shape index (κ3) is 3.26. The molecule has 0 radical (unpaired) electrons. The Morgan fingerprint density at radius 2 is 2.15 bits per heavy atom. The van der Waals surface area contributed by atoms with Crippen LogP contribution in [-0.4, -0.2) is 28.6 Å². The van der Waals surface area contributed by atoms with Crippen LogP contribution in [0, 0.1) is 0 Å². The van der Waals surface area contributed by atoms with Crippen LogP contribution in [0.15, 0.2) is 30.3 Å². The first-order valence-corrected chi connectivity index (χ1v) is 6.28. The van der Waals surface area contributed by atoms with E-state index in [1.165, 1.54) is 0 Å². The minimum atomic E-state index is -0.986. The summed E-state index contributed by atoms with van der Waals surface area (Å²) in [4.78, 5) is 24.9. The fraction of sp³-hybridized carbons (Fsp3) is 0.200. The lowest BCUT2D eigenvalue weighted by molar-refractivity contribution is -0.142. The zero-order valence-electron chi connectivity index (χ0n) is 11.1. The van der Waals surface area contributed by atoms with E-state index in [1.807, 2.05) is 24.3 Å². The average molecular weight is 273 g/mol. The van der Waals surface area contributed by atoms with Crippen molar-refractivity contribution in [2.75, 3.05) is 6.61 Å². The Labute approximate surface area is 115 Å². The minimum absolute atomic E-state index is 0.160. The van der Waals surface area contributed by atoms with E-state index in [-0.39, 0.29) is 18.1 Å². The Balaban J connectivity index is 2.13. The fourth-order valence-corrected chi connectivity index (χ4v) is 1.88. The summed E-state index contributed by atoms with van der Waals surface area (Å²) in [5, 5.41) is 9.73. The lowest BCUT2D eigenvalue weighted by atomic mass is 10.1. The molecule has 20 heavy (non-hydrogen) atoms. The van der Waals surface area contributed by atoms with E-state index in [0.717, 1.165) is 16.5 Å². The number of benzene rings is 1. The van der Waals surface area contributed by atoms with Crippen molar-refractivity contribution in [3.8, 4) is 0 Å². The molecule has 0 saturated carbocycles. The van der Waals surface area contributed by atoms with Gasteiger partial charge >= 0.3 is 11.9 Å². The van der Waals surface area contributed by atoms with Gasteiger partial charge in [-0.2, -0.15) is 0 Å². The van der Waals surface area contributed by atoms with Crippen molar-refractivity contribution in [2.45, 2.75) is 13.3 Å². The average Bonchev–Trinajstić information content (AvgIpc) is 2.82. The van der Waals surface area contributed by atoms with Crippen molar-refractivity contribution >= 4 is 28.9 Å². The van der Waals surface area contributed by atoms with Crippen molar-refractivity contribution in [2.24, 2.45) is 0 Å². The molecule has 1 aromatic carbocycles. The van der Waals surface area contributed by atoms with E-state index in [1.54, 1.807) is 19.1 Å². The highest BCUT2D eigenvalue weighted by Gasteiger charge is 2.07. The van der Waals surface area contributed by atoms with Gasteiger partial charge in [0.2, 0.25) is 0 Å². The molecule has 104 valence electrons. The predicted octanol–water partition coefficient (Wildman–Crippen LogP) is 2.83. The first kappa shape index (κ1) is 13.9. The van der Waals surface area contributed by atoms with Crippen molar-refractivity contribution < 1.29 is 19.4 Å². The standard InChI is InChI=1S/C15H15NO4/c1-2-20-14(17)5-3-4-10-6-7-12-11(8-10)9-13(16-12)15(18)19/h3-4,6-9,16H,2,5H2,1H3,(H,18,19). The highest BCUT2D eigenvalue weighted by atomic mass is 16.5. The van der Waals surface area contributed by atoms with Crippen LogP contribution in [0.1, 0.15) is 29.4 Å². The van der Waals surface area contributed by atoms with Crippen LogP contribution in [0.4, 0.5) is 0 Å². The molecule has 2 aromatic rings. The van der Waals surface area contributed by atoms with Gasteiger partial charge in [-0.25, -0.2) is 4.79 Å². The summed E-state index contributed by atoms with van der Waals surface area (Å²) in [6.07, 6.45) is 3.76. The molecule has 0 unspecified atom stereocenters. The van der Waals surface area contributed by atoms with Crippen molar-refractivity contribution in [3.05, 3.63) is 41.6 Å². The molecule has 0 fully saturated rings. The summed E-state index contributed by atoms with van der Waals surface area (Å²) in [5.41, 5.74) is 1.83. The monoisotopic (exact) mass is 273 g/mol. The van der Waals surface area contributed by atoms with E-state index in [9.17, 15) is 9.59 Å². The van der Waals surface area contributed by atoms with Crippen molar-refractivity contribution in [1.82, 2.24) is 4.98 Å². The zero-order chi connectivity index (χ0) is 14.5. The minimum Gasteiger partial charge on any atom is -0.477 e. The van der Waals surface area contributed by atoms with Gasteiger partial charge in [0.25, 0.3) is 0 Å². The molecule has 0 bridgehead atoms. The third-order valence-electron chi connectivity index (χ3n) is 2.78. The molecular weight excluding hydrogens is 258 g/mol. The SMILES string of the molecule is CCOC(=O)CC=Cc1ccc2[nH]c(C(=O)O)cc2c1. The topological polar surface area (TPSA) is 79.4 Å². The molecule has 0 atom stereocenters. The predicted molar refractivity (Wildman–Crippen MR) is 75.5 cm³/mol. The molecule has 0 spiro atoms. The van der Waals surface area contributed by atoms with Crippen LogP contribution in [0.5, 0.6) is 0 Å². The van der Waals surface area contributed by atoms with Crippen molar-refractivity contribution in [3.63, 3.8) is 0 Å². The van der Waals surface area contributed by atoms with Gasteiger partial charge in [0.1, 0.15) is 5.69 Å². The summed E-state index contributed by atoms with van der Waals surface area (Å²) < 4.78 is 4.82. The largest absolute Gasteiger partial charge is 0.477 e. The van der Waals surface area contributed by atoms with Crippen LogP contribution in [-0.2, 0) is 9.53 Å². The second kappa shape index (κ2) is 6.06. The van der Waals surface area contributed by atoms with Gasteiger partial charge in [0.15, 0.2) is 0 Å². The third-order valence-corrected chi connectivity index (χ3v) is 2.78. The smallest absolute Gasteiger partial charge is 0.352 e. The molecule has 1 aromatic heterocycles. The zero-order valence-corrected chi connectivity index (χ0v) is 11.1. The Hall–Kier alpha value is -2.56. The Bertz CT molecular complexity index is 670. The molecule has 0 amide bonds. The number of hydrogen-bond donors (Lipinski definition) is 2. The van der Waals surface area contributed by atoms with Gasteiger partial charge in [-0.15, -0.1) is 0 Å². The number of hydrogen-bond acceptors (Lipinski definition) is 3. The normalized spacial score (nSPS) is 11.1. The lowest BCUT2D eigenvalue weighted by Gasteiger charge is -1.97. The summed E-state index contributed by atoms with van der Waals surface area (Å²) in [7, 11) is 0. The van der Waals surface area contributed by atoms with E-state index < -0.39 is 5.97 Å². The number of rotatable bonds is 5. The van der Waals surface area contributed by atoms with Crippen LogP contribution < -0.4 is 0 Å². The number of esters is 1. The lowest BCUT2D eigenvalue weighted by Crippen LogP contribution is -2.01. The number of nitrogens with one attached hydrogen (secondary N) is 1. The number of aromatic carboxylic acids is 1. The van der Waals surface area contributed by atoms with E-state index in [2.05, 4.69) is 4.98 Å². The van der Waals surface area contributed by atoms with E-state index >= 15 is 0 Å². The van der Waals surface area contributed by atoms with Crippen molar-refractivity contribution in [1.29, 1.82) is 0 Å². The molecular formula is C15H15NO4. The van der Waals surface area contributed by atoms with E-state index in [4.69, 9.17) is 9.84 Å². The highest BCUT2D eigenvalue weighted by molar-refractivity contribution is 5.94.